The van der Waals surface area contributed by atoms with Crippen LogP contribution in [0.25, 0.3) is 0 Å². The molecule has 6 N–H and O–H groups in total. The molecule has 16 nitrogen and oxygen atoms in total. The van der Waals surface area contributed by atoms with Gasteiger partial charge in [-0.3, -0.25) is 44.2 Å². The van der Waals surface area contributed by atoms with Crippen LogP contribution in [0.4, 0.5) is 11.4 Å². The summed E-state index contributed by atoms with van der Waals surface area (Å²) in [6.45, 7) is 5.19. The molecule has 0 bridgehead atoms. The van der Waals surface area contributed by atoms with Gasteiger partial charge in [0.15, 0.2) is 0 Å². The fourth-order valence-electron chi connectivity index (χ4n) is 6.37. The number of hydrogen-bond acceptors (Lipinski definition) is 12. The number of ketones is 1. The number of anilines is 2. The molecule has 314 valence electrons. The highest BCUT2D eigenvalue weighted by molar-refractivity contribution is 9.10. The molecule has 5 aliphatic rings. The van der Waals surface area contributed by atoms with Gasteiger partial charge in [-0.1, -0.05) is 82.7 Å². The first-order valence-corrected chi connectivity index (χ1v) is 20.4. The third-order valence-electron chi connectivity index (χ3n) is 9.53. The van der Waals surface area contributed by atoms with Crippen LogP contribution < -0.4 is 36.5 Å². The molecule has 0 aromatic heterocycles. The highest BCUT2D eigenvalue weighted by atomic mass is 79.9. The number of halogens is 1. The highest BCUT2D eigenvalue weighted by Crippen LogP contribution is 2.20. The first-order chi connectivity index (χ1) is 28.4. The Bertz CT molecular complexity index is 1850. The molecule has 2 unspecified atom stereocenters. The lowest BCUT2D eigenvalue weighted by atomic mass is 9.81. The number of nitrogens with one attached hydrogen (secondary N) is 4. The molecule has 18 heteroatoms. The van der Waals surface area contributed by atoms with Crippen molar-refractivity contribution in [3.63, 3.8) is 0 Å². The maximum atomic E-state index is 12.3. The van der Waals surface area contributed by atoms with Crippen LogP contribution in [0.3, 0.4) is 0 Å². The number of carbonyl (C=O) groups is 7. The quantitative estimate of drug-likeness (QED) is 0.118. The van der Waals surface area contributed by atoms with Crippen molar-refractivity contribution in [3.05, 3.63) is 91.0 Å². The van der Waals surface area contributed by atoms with Crippen molar-refractivity contribution in [2.75, 3.05) is 62.2 Å². The molecule has 0 radical (unpaired) electrons. The van der Waals surface area contributed by atoms with Crippen molar-refractivity contribution in [1.82, 2.24) is 26.2 Å². The first kappa shape index (κ1) is 46.3. The topological polar surface area (TPSA) is 218 Å². The number of Topliss-reactive ketones (excluding diaryl/α,β-unsaturated/α-hetero) is 1. The van der Waals surface area contributed by atoms with Crippen LogP contribution in [0, 0.1) is 0 Å². The second-order valence-electron chi connectivity index (χ2n) is 13.9. The van der Waals surface area contributed by atoms with Gasteiger partial charge >= 0.3 is 7.12 Å². The molecule has 5 aliphatic heterocycles. The molecule has 3 aromatic rings. The van der Waals surface area contributed by atoms with Gasteiger partial charge in [0.05, 0.1) is 24.5 Å². The molecule has 6 amide bonds. The summed E-state index contributed by atoms with van der Waals surface area (Å²) < 4.78 is 0. The van der Waals surface area contributed by atoms with Crippen LogP contribution in [-0.4, -0.2) is 127 Å². The number of piperazine rings is 2. The zero-order chi connectivity index (χ0) is 42.6. The van der Waals surface area contributed by atoms with Crippen LogP contribution >= 0.6 is 15.9 Å². The molecule has 5 fully saturated rings. The summed E-state index contributed by atoms with van der Waals surface area (Å²) >= 11 is 3.12. The molecular weight excluding hydrogens is 825 g/mol. The van der Waals surface area contributed by atoms with Crippen molar-refractivity contribution in [2.24, 2.45) is 0 Å². The Morgan fingerprint density at radius 3 is 1.61 bits per heavy atom. The second kappa shape index (κ2) is 24.5. The predicted molar refractivity (Wildman–Crippen MR) is 227 cm³/mol. The number of amides is 6. The largest absolute Gasteiger partial charge is 0.488 e. The normalized spacial score (nSPS) is 20.3. The Hall–Kier alpha value is -5.43. The fraction of sp³-hybridized carbons (Fsp3) is 0.390. The minimum Gasteiger partial charge on any atom is -0.423 e. The molecule has 2 atom stereocenters. The number of imide groups is 2. The summed E-state index contributed by atoms with van der Waals surface area (Å²) in [5, 5.41) is 27.5. The van der Waals surface area contributed by atoms with Crippen LogP contribution in [0.15, 0.2) is 91.0 Å². The third kappa shape index (κ3) is 16.0. The summed E-state index contributed by atoms with van der Waals surface area (Å²) in [4.78, 5) is 83.5. The Balaban J connectivity index is 0.000000174. The molecule has 59 heavy (non-hydrogen) atoms. The van der Waals surface area contributed by atoms with E-state index in [1.165, 1.54) is 0 Å². The minimum absolute atomic E-state index is 0.0698. The van der Waals surface area contributed by atoms with Crippen molar-refractivity contribution in [1.29, 1.82) is 0 Å². The van der Waals surface area contributed by atoms with E-state index in [2.05, 4.69) is 42.1 Å². The maximum absolute atomic E-state index is 12.3. The summed E-state index contributed by atoms with van der Waals surface area (Å²) in [7, 11) is -1.34. The van der Waals surface area contributed by atoms with Crippen LogP contribution in [0.2, 0.25) is 0 Å². The summed E-state index contributed by atoms with van der Waals surface area (Å²) in [6.07, 6.45) is 3.59. The van der Waals surface area contributed by atoms with E-state index < -0.39 is 13.2 Å². The lowest BCUT2D eigenvalue weighted by Gasteiger charge is -2.40. The Kier molecular flexibility index (Phi) is 19.2. The van der Waals surface area contributed by atoms with E-state index in [1.807, 2.05) is 71.6 Å². The lowest BCUT2D eigenvalue weighted by molar-refractivity contribution is -0.145. The van der Waals surface area contributed by atoms with Crippen molar-refractivity contribution < 1.29 is 43.6 Å². The average molecular weight is 877 g/mol. The zero-order valence-corrected chi connectivity index (χ0v) is 34.3. The van der Waals surface area contributed by atoms with Crippen LogP contribution in [0.1, 0.15) is 38.5 Å². The Morgan fingerprint density at radius 1 is 0.610 bits per heavy atom. The number of alkyl halides is 1. The fourth-order valence-corrected chi connectivity index (χ4v) is 6.71. The van der Waals surface area contributed by atoms with Gasteiger partial charge in [-0.25, -0.2) is 0 Å². The molecule has 5 saturated heterocycles. The number of piperidine rings is 3. The van der Waals surface area contributed by atoms with Gasteiger partial charge in [-0.05, 0) is 55.5 Å². The van der Waals surface area contributed by atoms with E-state index in [-0.39, 0.29) is 46.8 Å². The summed E-state index contributed by atoms with van der Waals surface area (Å²) in [5.41, 5.74) is 2.66. The number of hydrogen-bond donors (Lipinski definition) is 6. The molecule has 5 heterocycles. The average Bonchev–Trinajstić information content (AvgIpc) is 3.25. The molecule has 0 spiro atoms. The molecule has 3 aromatic carbocycles. The molecule has 8 rings (SSSR count). The number of rotatable bonds is 4. The highest BCUT2D eigenvalue weighted by Gasteiger charge is 2.37. The SMILES string of the molecule is O=C1CCC(Br)C(=O)N1.O=C1CCC(N2CCN(c3ccccc3)CC2=O)C(=O)N1.O=C1CCCNC1.O=C1CN(c2ccccc2)CCN1.OB(O)c1ccccc1. The van der Waals surface area contributed by atoms with E-state index in [0.29, 0.717) is 63.1 Å². The Morgan fingerprint density at radius 2 is 1.17 bits per heavy atom. The van der Waals surface area contributed by atoms with Gasteiger partial charge in [-0.15, -0.1) is 0 Å². The summed E-state index contributed by atoms with van der Waals surface area (Å²) in [6, 6.07) is 27.9. The maximum Gasteiger partial charge on any atom is 0.488 e. The van der Waals surface area contributed by atoms with Gasteiger partial charge < -0.3 is 35.4 Å². The Labute approximate surface area is 352 Å². The molecule has 0 aliphatic carbocycles. The van der Waals surface area contributed by atoms with Gasteiger partial charge in [0.2, 0.25) is 35.4 Å². The standard InChI is InChI=1S/C15H17N3O3.C10H12N2O.C6H7BO2.C5H6BrNO2.C5H9NO/c19-13-7-6-12(15(21)16-13)18-9-8-17(10-14(18)20)11-4-2-1-3-5-11;13-10-8-12(7-6-11-10)9-4-2-1-3-5-9;8-7(9)6-4-2-1-3-5-6;6-3-1-2-4(8)7-5(3)9;7-5-2-1-3-6-4-5/h1-5,12H,6-10H2,(H,16,19,21);1-5H,6-8H2,(H,11,13);1-5,8-9H;3H,1-2H2,(H,7,8,9);6H,1-4H2. The molecular formula is C41H51BBrN7O9. The first-order valence-electron chi connectivity index (χ1n) is 19.5. The van der Waals surface area contributed by atoms with Crippen LogP contribution in [0.5, 0.6) is 0 Å². The zero-order valence-electron chi connectivity index (χ0n) is 32.8. The van der Waals surface area contributed by atoms with Crippen molar-refractivity contribution in [3.8, 4) is 0 Å². The van der Waals surface area contributed by atoms with Gasteiger partial charge in [0.25, 0.3) is 0 Å². The van der Waals surface area contributed by atoms with Crippen molar-refractivity contribution >= 4 is 81.1 Å². The van der Waals surface area contributed by atoms with Crippen molar-refractivity contribution in [2.45, 2.75) is 49.4 Å². The van der Waals surface area contributed by atoms with E-state index in [9.17, 15) is 33.6 Å². The van der Waals surface area contributed by atoms with Gasteiger partial charge in [0, 0.05) is 56.8 Å². The number of para-hydroxylation sites is 2. The third-order valence-corrected chi connectivity index (χ3v) is 10.4. The smallest absolute Gasteiger partial charge is 0.423 e. The molecule has 0 saturated carbocycles. The summed E-state index contributed by atoms with van der Waals surface area (Å²) in [5.74, 6) is -0.609. The minimum atomic E-state index is -1.34. The van der Waals surface area contributed by atoms with E-state index in [1.54, 1.807) is 29.2 Å². The predicted octanol–water partition coefficient (Wildman–Crippen LogP) is 0.255. The number of carbonyl (C=O) groups excluding carboxylic acids is 7. The second-order valence-corrected chi connectivity index (χ2v) is 15.0. The van der Waals surface area contributed by atoms with Gasteiger partial charge in [-0.2, -0.15) is 0 Å². The van der Waals surface area contributed by atoms with E-state index in [4.69, 9.17) is 10.0 Å². The van der Waals surface area contributed by atoms with Crippen LogP contribution in [-0.2, 0) is 33.6 Å². The monoisotopic (exact) mass is 875 g/mol. The van der Waals surface area contributed by atoms with E-state index in [0.717, 1.165) is 43.9 Å². The number of nitrogens with zero attached hydrogens (tertiary/aromatic N) is 3. The van der Waals surface area contributed by atoms with E-state index >= 15 is 0 Å². The van der Waals surface area contributed by atoms with Gasteiger partial charge in [0.1, 0.15) is 11.8 Å². The number of benzene rings is 3. The lowest BCUT2D eigenvalue weighted by Crippen LogP contribution is -2.60.